The zero-order valence-electron chi connectivity index (χ0n) is 6.55. The van der Waals surface area contributed by atoms with E-state index in [4.69, 9.17) is 28.9 Å². The molecule has 0 saturated heterocycles. The van der Waals surface area contributed by atoms with Gasteiger partial charge >= 0.3 is 0 Å². The van der Waals surface area contributed by atoms with E-state index in [1.165, 1.54) is 0 Å². The van der Waals surface area contributed by atoms with E-state index in [0.717, 1.165) is 5.56 Å². The van der Waals surface area contributed by atoms with Gasteiger partial charge in [0, 0.05) is 16.1 Å². The van der Waals surface area contributed by atoms with Gasteiger partial charge in [0.25, 0.3) is 0 Å². The minimum absolute atomic E-state index is 0. The summed E-state index contributed by atoms with van der Waals surface area (Å²) in [6, 6.07) is 5.22. The second kappa shape index (κ2) is 4.93. The van der Waals surface area contributed by atoms with Crippen molar-refractivity contribution in [3.63, 3.8) is 0 Å². The molecule has 0 fully saturated rings. The van der Waals surface area contributed by atoms with Crippen LogP contribution in [0.1, 0.15) is 18.5 Å². The molecule has 0 amide bonds. The second-order valence-electron chi connectivity index (χ2n) is 2.45. The largest absolute Gasteiger partial charge is 0.324 e. The Morgan fingerprint density at radius 1 is 1.33 bits per heavy atom. The molecule has 0 radical (unpaired) electrons. The number of halogens is 3. The van der Waals surface area contributed by atoms with Gasteiger partial charge in [-0.15, -0.1) is 12.4 Å². The van der Waals surface area contributed by atoms with Crippen LogP contribution in [-0.2, 0) is 0 Å². The predicted molar refractivity (Wildman–Crippen MR) is 56.3 cm³/mol. The van der Waals surface area contributed by atoms with Gasteiger partial charge in [0.15, 0.2) is 0 Å². The zero-order valence-corrected chi connectivity index (χ0v) is 8.88. The Hall–Kier alpha value is 0.0500. The Morgan fingerprint density at radius 2 is 1.92 bits per heavy atom. The normalized spacial score (nSPS) is 12.0. The van der Waals surface area contributed by atoms with E-state index in [-0.39, 0.29) is 18.4 Å². The summed E-state index contributed by atoms with van der Waals surface area (Å²) in [5.41, 5.74) is 6.53. The summed E-state index contributed by atoms with van der Waals surface area (Å²) in [6.45, 7) is 1.87. The van der Waals surface area contributed by atoms with Gasteiger partial charge in [-0.05, 0) is 30.7 Å². The summed E-state index contributed by atoms with van der Waals surface area (Å²) in [7, 11) is 0. The Labute approximate surface area is 88.3 Å². The van der Waals surface area contributed by atoms with Gasteiger partial charge in [0.1, 0.15) is 0 Å². The van der Waals surface area contributed by atoms with Crippen LogP contribution in [0.5, 0.6) is 0 Å². The fourth-order valence-corrected chi connectivity index (χ4v) is 1.33. The first-order valence-electron chi connectivity index (χ1n) is 3.32. The smallest absolute Gasteiger partial charge is 0.0454 e. The molecule has 0 saturated carbocycles. The van der Waals surface area contributed by atoms with Crippen molar-refractivity contribution in [2.24, 2.45) is 5.73 Å². The third-order valence-corrected chi connectivity index (χ3v) is 2.03. The Kier molecular flexibility index (Phi) is 4.95. The molecule has 0 aromatic heterocycles. The fourth-order valence-electron chi connectivity index (χ4n) is 0.864. The summed E-state index contributed by atoms with van der Waals surface area (Å²) < 4.78 is 0. The van der Waals surface area contributed by atoms with E-state index in [9.17, 15) is 0 Å². The Bertz CT molecular complexity index is 260. The molecule has 1 unspecified atom stereocenters. The number of benzene rings is 1. The minimum atomic E-state index is -0.0683. The molecule has 0 aliphatic rings. The maximum atomic E-state index is 5.85. The molecular formula is C8H10Cl3N. The third-order valence-electron chi connectivity index (χ3n) is 1.45. The van der Waals surface area contributed by atoms with Crippen molar-refractivity contribution in [3.05, 3.63) is 33.8 Å². The van der Waals surface area contributed by atoms with Crippen LogP contribution in [0.3, 0.4) is 0 Å². The van der Waals surface area contributed by atoms with Gasteiger partial charge in [-0.1, -0.05) is 23.2 Å². The van der Waals surface area contributed by atoms with E-state index in [1.807, 2.05) is 6.92 Å². The molecule has 2 N–H and O–H groups in total. The lowest BCUT2D eigenvalue weighted by atomic mass is 10.1. The Balaban J connectivity index is 0.00000121. The van der Waals surface area contributed by atoms with Gasteiger partial charge in [-0.25, -0.2) is 0 Å². The van der Waals surface area contributed by atoms with E-state index < -0.39 is 0 Å². The molecule has 1 rings (SSSR count). The molecule has 1 aromatic carbocycles. The van der Waals surface area contributed by atoms with Gasteiger partial charge < -0.3 is 5.73 Å². The quantitative estimate of drug-likeness (QED) is 0.780. The maximum Gasteiger partial charge on any atom is 0.0454 e. The van der Waals surface area contributed by atoms with Crippen molar-refractivity contribution in [2.75, 3.05) is 0 Å². The first-order chi connectivity index (χ1) is 5.11. The van der Waals surface area contributed by atoms with E-state index in [0.29, 0.717) is 10.0 Å². The zero-order chi connectivity index (χ0) is 8.43. The maximum absolute atomic E-state index is 5.85. The first-order valence-corrected chi connectivity index (χ1v) is 4.07. The topological polar surface area (TPSA) is 26.0 Å². The van der Waals surface area contributed by atoms with Crippen molar-refractivity contribution in [1.29, 1.82) is 0 Å². The van der Waals surface area contributed by atoms with Gasteiger partial charge in [0.05, 0.1) is 0 Å². The highest BCUT2D eigenvalue weighted by molar-refractivity contribution is 6.33. The van der Waals surface area contributed by atoms with Crippen LogP contribution in [0, 0.1) is 0 Å². The van der Waals surface area contributed by atoms with Crippen LogP contribution in [0.25, 0.3) is 0 Å². The lowest BCUT2D eigenvalue weighted by Gasteiger charge is -2.07. The highest BCUT2D eigenvalue weighted by Gasteiger charge is 2.04. The fraction of sp³-hybridized carbons (Fsp3) is 0.250. The van der Waals surface area contributed by atoms with Crippen molar-refractivity contribution >= 4 is 35.6 Å². The highest BCUT2D eigenvalue weighted by atomic mass is 35.5. The number of hydrogen-bond acceptors (Lipinski definition) is 1. The van der Waals surface area contributed by atoms with Crippen LogP contribution in [0.2, 0.25) is 10.0 Å². The highest BCUT2D eigenvalue weighted by Crippen LogP contribution is 2.24. The molecule has 12 heavy (non-hydrogen) atoms. The average molecular weight is 227 g/mol. The first kappa shape index (κ1) is 12.0. The van der Waals surface area contributed by atoms with Gasteiger partial charge in [-0.2, -0.15) is 0 Å². The lowest BCUT2D eigenvalue weighted by Crippen LogP contribution is -2.05. The second-order valence-corrected chi connectivity index (χ2v) is 3.30. The Morgan fingerprint density at radius 3 is 2.33 bits per heavy atom. The summed E-state index contributed by atoms with van der Waals surface area (Å²) in [5.74, 6) is 0. The van der Waals surface area contributed by atoms with Crippen molar-refractivity contribution in [3.8, 4) is 0 Å². The minimum Gasteiger partial charge on any atom is -0.324 e. The molecule has 0 heterocycles. The predicted octanol–water partition coefficient (Wildman–Crippen LogP) is 3.43. The van der Waals surface area contributed by atoms with Crippen molar-refractivity contribution in [2.45, 2.75) is 13.0 Å². The molecule has 0 aliphatic carbocycles. The van der Waals surface area contributed by atoms with Crippen LogP contribution in [0.15, 0.2) is 18.2 Å². The SMILES string of the molecule is CC(N)c1cc(Cl)ccc1Cl.Cl. The summed E-state index contributed by atoms with van der Waals surface area (Å²) in [4.78, 5) is 0. The van der Waals surface area contributed by atoms with Crippen molar-refractivity contribution in [1.82, 2.24) is 0 Å². The lowest BCUT2D eigenvalue weighted by molar-refractivity contribution is 0.818. The molecule has 4 heteroatoms. The number of hydrogen-bond donors (Lipinski definition) is 1. The average Bonchev–Trinajstić information content (AvgIpc) is 1.94. The van der Waals surface area contributed by atoms with E-state index in [2.05, 4.69) is 0 Å². The number of rotatable bonds is 1. The number of nitrogens with two attached hydrogens (primary N) is 1. The van der Waals surface area contributed by atoms with Crippen LogP contribution in [0.4, 0.5) is 0 Å². The summed E-state index contributed by atoms with van der Waals surface area (Å²) >= 11 is 11.6. The van der Waals surface area contributed by atoms with Crippen molar-refractivity contribution < 1.29 is 0 Å². The molecule has 68 valence electrons. The molecule has 0 bridgehead atoms. The molecular weight excluding hydrogens is 216 g/mol. The summed E-state index contributed by atoms with van der Waals surface area (Å²) in [6.07, 6.45) is 0. The monoisotopic (exact) mass is 225 g/mol. The molecule has 1 aromatic rings. The standard InChI is InChI=1S/C8H9Cl2N.ClH/c1-5(11)7-4-6(9)2-3-8(7)10;/h2-5H,11H2,1H3;1H. The van der Waals surface area contributed by atoms with E-state index in [1.54, 1.807) is 18.2 Å². The van der Waals surface area contributed by atoms with E-state index >= 15 is 0 Å². The molecule has 1 atom stereocenters. The molecule has 0 aliphatic heterocycles. The van der Waals surface area contributed by atoms with Gasteiger partial charge in [-0.3, -0.25) is 0 Å². The van der Waals surface area contributed by atoms with Gasteiger partial charge in [0.2, 0.25) is 0 Å². The summed E-state index contributed by atoms with van der Waals surface area (Å²) in [5, 5.41) is 1.34. The third kappa shape index (κ3) is 2.83. The van der Waals surface area contributed by atoms with Crippen LogP contribution in [-0.4, -0.2) is 0 Å². The van der Waals surface area contributed by atoms with Crippen LogP contribution >= 0.6 is 35.6 Å². The van der Waals surface area contributed by atoms with Crippen LogP contribution < -0.4 is 5.73 Å². The molecule has 1 nitrogen and oxygen atoms in total. The molecule has 0 spiro atoms.